The SMILES string of the molecule is CCOc1ccc(-c2cc(C(=O)NC[C@@H](C)Oc3ccc(Cl)cc3)no2)cc1. The summed E-state index contributed by atoms with van der Waals surface area (Å²) in [6, 6.07) is 16.1. The largest absolute Gasteiger partial charge is 0.494 e. The number of benzene rings is 2. The third kappa shape index (κ3) is 5.27. The summed E-state index contributed by atoms with van der Waals surface area (Å²) in [6.45, 7) is 4.72. The second-order valence-electron chi connectivity index (χ2n) is 6.13. The Hall–Kier alpha value is -2.99. The highest BCUT2D eigenvalue weighted by molar-refractivity contribution is 6.30. The minimum Gasteiger partial charge on any atom is -0.494 e. The van der Waals surface area contributed by atoms with Gasteiger partial charge in [-0.25, -0.2) is 0 Å². The number of aromatic nitrogens is 1. The number of halogens is 1. The Kier molecular flexibility index (Phi) is 6.55. The first kappa shape index (κ1) is 19.8. The number of hydrogen-bond acceptors (Lipinski definition) is 5. The Labute approximate surface area is 168 Å². The van der Waals surface area contributed by atoms with E-state index in [-0.39, 0.29) is 17.7 Å². The molecule has 0 saturated carbocycles. The van der Waals surface area contributed by atoms with E-state index in [4.69, 9.17) is 25.6 Å². The summed E-state index contributed by atoms with van der Waals surface area (Å²) in [5.74, 6) is 1.65. The molecule has 0 saturated heterocycles. The maximum atomic E-state index is 12.3. The first-order valence-corrected chi connectivity index (χ1v) is 9.33. The van der Waals surface area contributed by atoms with E-state index in [2.05, 4.69) is 10.5 Å². The lowest BCUT2D eigenvalue weighted by atomic mass is 10.1. The summed E-state index contributed by atoms with van der Waals surface area (Å²) >= 11 is 5.85. The van der Waals surface area contributed by atoms with Gasteiger partial charge in [-0.15, -0.1) is 0 Å². The van der Waals surface area contributed by atoms with E-state index in [0.29, 0.717) is 29.7 Å². The summed E-state index contributed by atoms with van der Waals surface area (Å²) in [6.07, 6.45) is -0.220. The van der Waals surface area contributed by atoms with E-state index >= 15 is 0 Å². The van der Waals surface area contributed by atoms with E-state index in [1.54, 1.807) is 30.3 Å². The van der Waals surface area contributed by atoms with Crippen molar-refractivity contribution in [2.45, 2.75) is 20.0 Å². The summed E-state index contributed by atoms with van der Waals surface area (Å²) < 4.78 is 16.4. The number of rotatable bonds is 8. The third-order valence-corrected chi connectivity index (χ3v) is 4.15. The van der Waals surface area contributed by atoms with Crippen LogP contribution in [0.3, 0.4) is 0 Å². The molecule has 0 bridgehead atoms. The zero-order valence-corrected chi connectivity index (χ0v) is 16.4. The molecule has 0 aliphatic heterocycles. The van der Waals surface area contributed by atoms with Crippen molar-refractivity contribution in [3.63, 3.8) is 0 Å². The topological polar surface area (TPSA) is 73.6 Å². The average molecular weight is 401 g/mol. The van der Waals surface area contributed by atoms with Crippen LogP contribution < -0.4 is 14.8 Å². The Bertz CT molecular complexity index is 907. The Balaban J connectivity index is 1.54. The van der Waals surface area contributed by atoms with Gasteiger partial charge < -0.3 is 19.3 Å². The van der Waals surface area contributed by atoms with Crippen LogP contribution in [0.15, 0.2) is 59.1 Å². The quantitative estimate of drug-likeness (QED) is 0.598. The number of hydrogen-bond donors (Lipinski definition) is 1. The van der Waals surface area contributed by atoms with Gasteiger partial charge in [-0.2, -0.15) is 0 Å². The number of carbonyl (C=O) groups is 1. The molecule has 6 nitrogen and oxygen atoms in total. The smallest absolute Gasteiger partial charge is 0.273 e. The number of nitrogens with zero attached hydrogens (tertiary/aromatic N) is 1. The molecule has 0 fully saturated rings. The highest BCUT2D eigenvalue weighted by Gasteiger charge is 2.15. The summed E-state index contributed by atoms with van der Waals surface area (Å²) in [7, 11) is 0. The lowest BCUT2D eigenvalue weighted by Crippen LogP contribution is -2.33. The van der Waals surface area contributed by atoms with E-state index in [1.165, 1.54) is 0 Å². The van der Waals surface area contributed by atoms with Gasteiger partial charge in [0, 0.05) is 16.7 Å². The maximum Gasteiger partial charge on any atom is 0.273 e. The molecule has 0 unspecified atom stereocenters. The normalized spacial score (nSPS) is 11.7. The molecule has 0 radical (unpaired) electrons. The summed E-state index contributed by atoms with van der Waals surface area (Å²) in [5.41, 5.74) is 1.03. The van der Waals surface area contributed by atoms with Crippen LogP contribution in [0.1, 0.15) is 24.3 Å². The zero-order valence-electron chi connectivity index (χ0n) is 15.6. The van der Waals surface area contributed by atoms with Crippen molar-refractivity contribution in [1.29, 1.82) is 0 Å². The molecule has 3 aromatic rings. The minimum atomic E-state index is -0.326. The molecular weight excluding hydrogens is 380 g/mol. The van der Waals surface area contributed by atoms with Gasteiger partial charge in [-0.05, 0) is 62.4 Å². The Morgan fingerprint density at radius 2 is 1.82 bits per heavy atom. The molecule has 1 N–H and O–H groups in total. The average Bonchev–Trinajstić information content (AvgIpc) is 3.19. The van der Waals surface area contributed by atoms with Crippen molar-refractivity contribution < 1.29 is 18.8 Å². The molecule has 28 heavy (non-hydrogen) atoms. The Morgan fingerprint density at radius 1 is 1.14 bits per heavy atom. The van der Waals surface area contributed by atoms with Crippen LogP contribution in [0.25, 0.3) is 11.3 Å². The first-order valence-electron chi connectivity index (χ1n) is 8.95. The second-order valence-corrected chi connectivity index (χ2v) is 6.56. The molecule has 0 spiro atoms. The molecule has 1 atom stereocenters. The van der Waals surface area contributed by atoms with Gasteiger partial charge in [-0.3, -0.25) is 4.79 Å². The zero-order chi connectivity index (χ0) is 19.9. The fourth-order valence-electron chi connectivity index (χ4n) is 2.51. The summed E-state index contributed by atoms with van der Waals surface area (Å²) in [5, 5.41) is 7.28. The minimum absolute atomic E-state index is 0.211. The molecule has 1 heterocycles. The number of nitrogens with one attached hydrogen (secondary N) is 1. The third-order valence-electron chi connectivity index (χ3n) is 3.89. The molecule has 0 aliphatic rings. The number of amides is 1. The van der Waals surface area contributed by atoms with E-state index in [1.807, 2.05) is 38.1 Å². The second kappa shape index (κ2) is 9.28. The van der Waals surface area contributed by atoms with Gasteiger partial charge in [-0.1, -0.05) is 16.8 Å². The lowest BCUT2D eigenvalue weighted by molar-refractivity contribution is 0.0923. The molecule has 1 aromatic heterocycles. The van der Waals surface area contributed by atoms with Gasteiger partial charge in [0.2, 0.25) is 0 Å². The molecule has 0 aliphatic carbocycles. The molecule has 3 rings (SSSR count). The van der Waals surface area contributed by atoms with Crippen LogP contribution in [0.2, 0.25) is 5.02 Å². The summed E-state index contributed by atoms with van der Waals surface area (Å²) in [4.78, 5) is 12.3. The molecular formula is C21H21ClN2O4. The molecule has 2 aromatic carbocycles. The van der Waals surface area contributed by atoms with Gasteiger partial charge in [0.25, 0.3) is 5.91 Å². The van der Waals surface area contributed by atoms with Gasteiger partial charge >= 0.3 is 0 Å². The van der Waals surface area contributed by atoms with Gasteiger partial charge in [0.1, 0.15) is 17.6 Å². The predicted molar refractivity (Wildman–Crippen MR) is 107 cm³/mol. The van der Waals surface area contributed by atoms with Crippen molar-refractivity contribution in [1.82, 2.24) is 10.5 Å². The molecule has 146 valence electrons. The van der Waals surface area contributed by atoms with Crippen LogP contribution in [0.4, 0.5) is 0 Å². The van der Waals surface area contributed by atoms with Gasteiger partial charge in [0.15, 0.2) is 11.5 Å². The fraction of sp³-hybridized carbons (Fsp3) is 0.238. The van der Waals surface area contributed by atoms with E-state index < -0.39 is 0 Å². The van der Waals surface area contributed by atoms with E-state index in [0.717, 1.165) is 11.3 Å². The monoisotopic (exact) mass is 400 g/mol. The van der Waals surface area contributed by atoms with Crippen molar-refractivity contribution in [2.75, 3.05) is 13.2 Å². The predicted octanol–water partition coefficient (Wildman–Crippen LogP) is 4.59. The maximum absolute atomic E-state index is 12.3. The standard InChI is InChI=1S/C21H21ClN2O4/c1-3-26-17-8-4-15(5-9-17)20-12-19(24-28-20)21(25)23-13-14(2)27-18-10-6-16(22)7-11-18/h4-12,14H,3,13H2,1-2H3,(H,23,25)/t14-/m1/s1. The fourth-order valence-corrected chi connectivity index (χ4v) is 2.64. The van der Waals surface area contributed by atoms with Crippen LogP contribution in [0.5, 0.6) is 11.5 Å². The van der Waals surface area contributed by atoms with Crippen LogP contribution in [-0.2, 0) is 0 Å². The van der Waals surface area contributed by atoms with Crippen LogP contribution >= 0.6 is 11.6 Å². The number of ether oxygens (including phenoxy) is 2. The first-order chi connectivity index (χ1) is 13.5. The molecule has 7 heteroatoms. The van der Waals surface area contributed by atoms with Crippen molar-refractivity contribution in [3.8, 4) is 22.8 Å². The highest BCUT2D eigenvalue weighted by atomic mass is 35.5. The Morgan fingerprint density at radius 3 is 2.50 bits per heavy atom. The molecule has 1 amide bonds. The lowest BCUT2D eigenvalue weighted by Gasteiger charge is -2.15. The van der Waals surface area contributed by atoms with Gasteiger partial charge in [0.05, 0.1) is 13.2 Å². The number of carbonyl (C=O) groups excluding carboxylic acids is 1. The van der Waals surface area contributed by atoms with Crippen LogP contribution in [0, 0.1) is 0 Å². The van der Waals surface area contributed by atoms with Crippen molar-refractivity contribution in [3.05, 3.63) is 65.3 Å². The van der Waals surface area contributed by atoms with Crippen LogP contribution in [-0.4, -0.2) is 30.3 Å². The van der Waals surface area contributed by atoms with Crippen molar-refractivity contribution >= 4 is 17.5 Å². The van der Waals surface area contributed by atoms with Crippen molar-refractivity contribution in [2.24, 2.45) is 0 Å². The van der Waals surface area contributed by atoms with E-state index in [9.17, 15) is 4.79 Å². The highest BCUT2D eigenvalue weighted by Crippen LogP contribution is 2.23.